The van der Waals surface area contributed by atoms with E-state index in [1.54, 1.807) is 0 Å². The summed E-state index contributed by atoms with van der Waals surface area (Å²) in [5.41, 5.74) is 0. The Morgan fingerprint density at radius 1 is 0.889 bits per heavy atom. The fourth-order valence-electron chi connectivity index (χ4n) is 0.884. The molecule has 0 unspecified atom stereocenters. The summed E-state index contributed by atoms with van der Waals surface area (Å²) in [7, 11) is -2.87. The van der Waals surface area contributed by atoms with Gasteiger partial charge in [0.2, 0.25) is 0 Å². The molecule has 0 amide bonds. The van der Waals surface area contributed by atoms with Gasteiger partial charge in [0.25, 0.3) is 0 Å². The molecule has 0 bridgehead atoms. The van der Waals surface area contributed by atoms with Gasteiger partial charge in [-0.15, -0.1) is 9.79 Å². The summed E-state index contributed by atoms with van der Waals surface area (Å²) in [5.74, 6) is 0. The summed E-state index contributed by atoms with van der Waals surface area (Å²) in [6, 6.07) is 0. The third-order valence-electron chi connectivity index (χ3n) is 1.25. The predicted octanol–water partition coefficient (Wildman–Crippen LogP) is 1.58. The number of hydrogen-bond acceptors (Lipinski definition) is 1. The molecule has 54 valence electrons. The van der Waals surface area contributed by atoms with Crippen molar-refractivity contribution in [2.75, 3.05) is 0 Å². The van der Waals surface area contributed by atoms with E-state index < -0.39 is 8.25 Å². The van der Waals surface area contributed by atoms with E-state index in [0.717, 1.165) is 0 Å². The lowest BCUT2D eigenvalue weighted by molar-refractivity contribution is 0.405. The summed E-state index contributed by atoms with van der Waals surface area (Å²) < 4.78 is 8.70. The van der Waals surface area contributed by atoms with Crippen LogP contribution in [-0.2, 0) is 4.57 Å². The molecule has 0 saturated heterocycles. The second-order valence-corrected chi connectivity index (χ2v) is 2.53. The van der Waals surface area contributed by atoms with Crippen LogP contribution in [0, 0.1) is 0 Å². The van der Waals surface area contributed by atoms with Gasteiger partial charge in [-0.05, 0) is 0 Å². The lowest BCUT2D eigenvalue weighted by Gasteiger charge is -1.67. The first-order valence-electron chi connectivity index (χ1n) is 3.08. The van der Waals surface area contributed by atoms with Crippen LogP contribution in [0.5, 0.6) is 0 Å². The molecule has 0 heterocycles. The van der Waals surface area contributed by atoms with E-state index in [4.69, 9.17) is 14.4 Å². The Labute approximate surface area is 55.7 Å². The fraction of sp³-hybridized carbons (Fsp3) is 1.00. The standard InChI is InChI=1S/C5H10.HO3P/c1-2-4-5-3-1;1-4(2)3/h1-5H2;(H-,1,2,3)/p+1. The topological polar surface area (TPSA) is 57.5 Å². The van der Waals surface area contributed by atoms with Gasteiger partial charge in [-0.1, -0.05) is 32.1 Å². The molecule has 0 aromatic rings. The second-order valence-electron chi connectivity index (χ2n) is 2.02. The first-order valence-corrected chi connectivity index (χ1v) is 4.25. The quantitative estimate of drug-likeness (QED) is 0.517. The van der Waals surface area contributed by atoms with Gasteiger partial charge in [0.1, 0.15) is 0 Å². The monoisotopic (exact) mass is 151 g/mol. The predicted molar refractivity (Wildman–Crippen MR) is 35.1 cm³/mol. The zero-order valence-electron chi connectivity index (χ0n) is 5.29. The third kappa shape index (κ3) is 11.5. The van der Waals surface area contributed by atoms with Crippen LogP contribution in [0.3, 0.4) is 0 Å². The fourth-order valence-corrected chi connectivity index (χ4v) is 0.884. The van der Waals surface area contributed by atoms with E-state index in [0.29, 0.717) is 0 Å². The summed E-state index contributed by atoms with van der Waals surface area (Å²) in [4.78, 5) is 14.2. The Bertz CT molecular complexity index is 68.7. The summed E-state index contributed by atoms with van der Waals surface area (Å²) in [6.45, 7) is 0. The zero-order valence-corrected chi connectivity index (χ0v) is 6.18. The minimum atomic E-state index is -2.87. The Morgan fingerprint density at radius 2 is 1.00 bits per heavy atom. The Kier molecular flexibility index (Phi) is 6.16. The molecule has 1 aliphatic carbocycles. The van der Waals surface area contributed by atoms with Crippen LogP contribution in [0.1, 0.15) is 32.1 Å². The maximum absolute atomic E-state index is 8.70. The van der Waals surface area contributed by atoms with Crippen LogP contribution >= 0.6 is 8.25 Å². The lowest BCUT2D eigenvalue weighted by atomic mass is 10.4. The van der Waals surface area contributed by atoms with Crippen LogP contribution in [0.2, 0.25) is 0 Å². The number of rotatable bonds is 0. The molecule has 1 saturated carbocycles. The molecule has 0 atom stereocenters. The molecule has 1 fully saturated rings. The highest BCUT2D eigenvalue weighted by molar-refractivity contribution is 7.30. The van der Waals surface area contributed by atoms with Gasteiger partial charge in [-0.3, -0.25) is 0 Å². The highest BCUT2D eigenvalue weighted by Gasteiger charge is 1.95. The first kappa shape index (κ1) is 9.02. The molecule has 0 aromatic heterocycles. The summed E-state index contributed by atoms with van der Waals surface area (Å²) >= 11 is 0. The third-order valence-corrected chi connectivity index (χ3v) is 1.25. The smallest absolute Gasteiger partial charge is 0.134 e. The summed E-state index contributed by atoms with van der Waals surface area (Å²) in [6.07, 6.45) is 7.50. The van der Waals surface area contributed by atoms with Gasteiger partial charge < -0.3 is 0 Å². The van der Waals surface area contributed by atoms with Crippen molar-refractivity contribution in [2.24, 2.45) is 0 Å². The average molecular weight is 151 g/mol. The molecular formula is C5H12O3P+. The SMILES string of the molecule is C1CCCC1.O=[P+](O)O. The maximum atomic E-state index is 8.70. The molecule has 1 aliphatic rings. The molecule has 0 radical (unpaired) electrons. The molecule has 2 N–H and O–H groups in total. The van der Waals surface area contributed by atoms with Crippen LogP contribution in [0.15, 0.2) is 0 Å². The van der Waals surface area contributed by atoms with E-state index in [1.807, 2.05) is 0 Å². The van der Waals surface area contributed by atoms with Crippen molar-refractivity contribution >= 4 is 8.25 Å². The zero-order chi connectivity index (χ0) is 7.11. The van der Waals surface area contributed by atoms with Gasteiger partial charge in [-0.2, -0.15) is 0 Å². The van der Waals surface area contributed by atoms with Crippen LogP contribution in [0.4, 0.5) is 0 Å². The van der Waals surface area contributed by atoms with Crippen molar-refractivity contribution in [3.8, 4) is 0 Å². The summed E-state index contributed by atoms with van der Waals surface area (Å²) in [5, 5.41) is 0. The minimum absolute atomic E-state index is 1.50. The molecule has 1 rings (SSSR count). The van der Waals surface area contributed by atoms with E-state index >= 15 is 0 Å². The Hall–Kier alpha value is 0.0200. The molecule has 0 aromatic carbocycles. The Balaban J connectivity index is 0.000000148. The van der Waals surface area contributed by atoms with Gasteiger partial charge in [0.05, 0.1) is 0 Å². The highest BCUT2D eigenvalue weighted by Crippen LogP contribution is 2.15. The van der Waals surface area contributed by atoms with Gasteiger partial charge >= 0.3 is 8.25 Å². The normalized spacial score (nSPS) is 16.2. The van der Waals surface area contributed by atoms with Crippen molar-refractivity contribution < 1.29 is 14.4 Å². The number of hydrogen-bond donors (Lipinski definition) is 2. The Morgan fingerprint density at radius 3 is 1.11 bits per heavy atom. The molecule has 3 nitrogen and oxygen atoms in total. The van der Waals surface area contributed by atoms with Crippen LogP contribution in [-0.4, -0.2) is 9.79 Å². The van der Waals surface area contributed by atoms with Crippen molar-refractivity contribution in [3.63, 3.8) is 0 Å². The first-order chi connectivity index (χ1) is 4.23. The van der Waals surface area contributed by atoms with Crippen LogP contribution in [0.25, 0.3) is 0 Å². The van der Waals surface area contributed by atoms with Crippen molar-refractivity contribution in [2.45, 2.75) is 32.1 Å². The van der Waals surface area contributed by atoms with Crippen molar-refractivity contribution in [1.82, 2.24) is 0 Å². The largest absolute Gasteiger partial charge is 0.692 e. The van der Waals surface area contributed by atoms with E-state index in [-0.39, 0.29) is 0 Å². The lowest BCUT2D eigenvalue weighted by Crippen LogP contribution is -1.47. The van der Waals surface area contributed by atoms with Crippen molar-refractivity contribution in [3.05, 3.63) is 0 Å². The molecule has 0 aliphatic heterocycles. The van der Waals surface area contributed by atoms with E-state index in [2.05, 4.69) is 0 Å². The van der Waals surface area contributed by atoms with Crippen LogP contribution < -0.4 is 0 Å². The second kappa shape index (κ2) is 6.14. The molecule has 4 heteroatoms. The maximum Gasteiger partial charge on any atom is 0.692 e. The van der Waals surface area contributed by atoms with E-state index in [9.17, 15) is 0 Å². The van der Waals surface area contributed by atoms with Crippen molar-refractivity contribution in [1.29, 1.82) is 0 Å². The highest BCUT2D eigenvalue weighted by atomic mass is 31.1. The molecule has 0 spiro atoms. The van der Waals surface area contributed by atoms with E-state index in [1.165, 1.54) is 32.1 Å². The minimum Gasteiger partial charge on any atom is -0.134 e. The van der Waals surface area contributed by atoms with Gasteiger partial charge in [-0.25, -0.2) is 0 Å². The average Bonchev–Trinajstić information content (AvgIpc) is 2.11. The molecular weight excluding hydrogens is 139 g/mol. The molecule has 9 heavy (non-hydrogen) atoms. The van der Waals surface area contributed by atoms with Gasteiger partial charge in [0, 0.05) is 4.57 Å². The van der Waals surface area contributed by atoms with Gasteiger partial charge in [0.15, 0.2) is 0 Å².